The van der Waals surface area contributed by atoms with Crippen molar-refractivity contribution in [2.24, 2.45) is 16.8 Å². The SMILES string of the molecule is CCNC(=NCc1ccc(F)c(C)c1)NCC(CCO)CC(C)C. The van der Waals surface area contributed by atoms with Gasteiger partial charge in [-0.3, -0.25) is 0 Å². The Morgan fingerprint density at radius 2 is 2.04 bits per heavy atom. The van der Waals surface area contributed by atoms with Crippen molar-refractivity contribution in [3.63, 3.8) is 0 Å². The second kappa shape index (κ2) is 11.0. The Labute approximate surface area is 145 Å². The zero-order chi connectivity index (χ0) is 17.9. The van der Waals surface area contributed by atoms with E-state index in [1.807, 2.05) is 13.0 Å². The van der Waals surface area contributed by atoms with Gasteiger partial charge in [-0.2, -0.15) is 0 Å². The van der Waals surface area contributed by atoms with E-state index in [0.717, 1.165) is 37.5 Å². The van der Waals surface area contributed by atoms with Crippen molar-refractivity contribution in [2.45, 2.75) is 47.1 Å². The Kier molecular flexibility index (Phi) is 9.38. The maximum Gasteiger partial charge on any atom is 0.191 e. The molecule has 0 saturated heterocycles. The third kappa shape index (κ3) is 7.77. The zero-order valence-corrected chi connectivity index (χ0v) is 15.4. The summed E-state index contributed by atoms with van der Waals surface area (Å²) in [7, 11) is 0. The van der Waals surface area contributed by atoms with Gasteiger partial charge in [0.05, 0.1) is 6.54 Å². The normalized spacial score (nSPS) is 13.2. The molecule has 0 aliphatic heterocycles. The van der Waals surface area contributed by atoms with Gasteiger partial charge < -0.3 is 15.7 Å². The molecule has 1 unspecified atom stereocenters. The third-order valence-electron chi connectivity index (χ3n) is 3.89. The maximum atomic E-state index is 13.3. The predicted molar refractivity (Wildman–Crippen MR) is 98.6 cm³/mol. The summed E-state index contributed by atoms with van der Waals surface area (Å²) >= 11 is 0. The van der Waals surface area contributed by atoms with Crippen LogP contribution in [0.2, 0.25) is 0 Å². The number of aliphatic hydroxyl groups is 1. The van der Waals surface area contributed by atoms with Crippen LogP contribution in [0, 0.1) is 24.6 Å². The van der Waals surface area contributed by atoms with Crippen molar-refractivity contribution >= 4 is 5.96 Å². The number of benzene rings is 1. The van der Waals surface area contributed by atoms with Gasteiger partial charge >= 0.3 is 0 Å². The zero-order valence-electron chi connectivity index (χ0n) is 15.4. The van der Waals surface area contributed by atoms with E-state index in [0.29, 0.717) is 23.9 Å². The summed E-state index contributed by atoms with van der Waals surface area (Å²) in [6.07, 6.45) is 1.87. The summed E-state index contributed by atoms with van der Waals surface area (Å²) in [5.74, 6) is 1.59. The van der Waals surface area contributed by atoms with Gasteiger partial charge in [0, 0.05) is 19.7 Å². The highest BCUT2D eigenvalue weighted by Crippen LogP contribution is 2.14. The summed E-state index contributed by atoms with van der Waals surface area (Å²) in [5, 5.41) is 15.8. The summed E-state index contributed by atoms with van der Waals surface area (Å²) < 4.78 is 13.3. The van der Waals surface area contributed by atoms with Gasteiger partial charge in [0.15, 0.2) is 5.96 Å². The van der Waals surface area contributed by atoms with Crippen LogP contribution in [0.1, 0.15) is 44.7 Å². The third-order valence-corrected chi connectivity index (χ3v) is 3.89. The van der Waals surface area contributed by atoms with Gasteiger partial charge in [-0.25, -0.2) is 9.38 Å². The Hall–Kier alpha value is -1.62. The van der Waals surface area contributed by atoms with Crippen molar-refractivity contribution in [2.75, 3.05) is 19.7 Å². The lowest BCUT2D eigenvalue weighted by Crippen LogP contribution is -2.40. The molecule has 0 radical (unpaired) electrons. The van der Waals surface area contributed by atoms with Gasteiger partial charge in [-0.05, 0) is 55.7 Å². The number of aryl methyl sites for hydroxylation is 1. The van der Waals surface area contributed by atoms with E-state index in [1.54, 1.807) is 13.0 Å². The summed E-state index contributed by atoms with van der Waals surface area (Å²) in [6.45, 7) is 10.5. The molecule has 4 nitrogen and oxygen atoms in total. The molecule has 136 valence electrons. The van der Waals surface area contributed by atoms with Crippen molar-refractivity contribution in [3.8, 4) is 0 Å². The number of halogens is 1. The molecule has 0 spiro atoms. The molecule has 0 saturated carbocycles. The van der Waals surface area contributed by atoms with Crippen molar-refractivity contribution in [1.29, 1.82) is 0 Å². The second-order valence-corrected chi connectivity index (χ2v) is 6.67. The van der Waals surface area contributed by atoms with Crippen LogP contribution in [0.4, 0.5) is 4.39 Å². The number of rotatable bonds is 9. The fourth-order valence-corrected chi connectivity index (χ4v) is 2.71. The molecule has 0 aromatic heterocycles. The molecule has 1 aromatic carbocycles. The first-order valence-corrected chi connectivity index (χ1v) is 8.84. The van der Waals surface area contributed by atoms with Crippen LogP contribution < -0.4 is 10.6 Å². The largest absolute Gasteiger partial charge is 0.396 e. The molecule has 0 fully saturated rings. The predicted octanol–water partition coefficient (Wildman–Crippen LogP) is 3.23. The van der Waals surface area contributed by atoms with E-state index < -0.39 is 0 Å². The quantitative estimate of drug-likeness (QED) is 0.479. The molecule has 1 atom stereocenters. The number of aliphatic imine (C=N–C) groups is 1. The van der Waals surface area contributed by atoms with E-state index in [4.69, 9.17) is 0 Å². The first-order chi connectivity index (χ1) is 11.5. The minimum Gasteiger partial charge on any atom is -0.396 e. The number of aliphatic hydroxyl groups excluding tert-OH is 1. The Bertz CT molecular complexity index is 517. The number of nitrogens with one attached hydrogen (secondary N) is 2. The molecule has 0 aliphatic rings. The Morgan fingerprint density at radius 1 is 1.29 bits per heavy atom. The van der Waals surface area contributed by atoms with E-state index in [1.165, 1.54) is 6.07 Å². The molecular formula is C19H32FN3O. The van der Waals surface area contributed by atoms with Crippen LogP contribution in [0.15, 0.2) is 23.2 Å². The molecule has 0 amide bonds. The van der Waals surface area contributed by atoms with Crippen LogP contribution in [-0.4, -0.2) is 30.8 Å². The van der Waals surface area contributed by atoms with E-state index in [9.17, 15) is 9.50 Å². The highest BCUT2D eigenvalue weighted by Gasteiger charge is 2.11. The average molecular weight is 337 g/mol. The molecule has 0 bridgehead atoms. The molecule has 0 heterocycles. The number of nitrogens with zero attached hydrogens (tertiary/aromatic N) is 1. The lowest BCUT2D eigenvalue weighted by atomic mass is 9.94. The van der Waals surface area contributed by atoms with Gasteiger partial charge in [0.2, 0.25) is 0 Å². The highest BCUT2D eigenvalue weighted by atomic mass is 19.1. The smallest absolute Gasteiger partial charge is 0.191 e. The first-order valence-electron chi connectivity index (χ1n) is 8.84. The number of hydrogen-bond donors (Lipinski definition) is 3. The van der Waals surface area contributed by atoms with Crippen LogP contribution in [-0.2, 0) is 6.54 Å². The van der Waals surface area contributed by atoms with Gasteiger partial charge in [0.1, 0.15) is 5.82 Å². The van der Waals surface area contributed by atoms with Crippen LogP contribution in [0.5, 0.6) is 0 Å². The lowest BCUT2D eigenvalue weighted by Gasteiger charge is -2.20. The maximum absolute atomic E-state index is 13.3. The average Bonchev–Trinajstić information content (AvgIpc) is 2.52. The number of guanidine groups is 1. The monoisotopic (exact) mass is 337 g/mol. The molecule has 1 rings (SSSR count). The van der Waals surface area contributed by atoms with Gasteiger partial charge in [-0.1, -0.05) is 26.0 Å². The molecule has 24 heavy (non-hydrogen) atoms. The van der Waals surface area contributed by atoms with Crippen LogP contribution in [0.3, 0.4) is 0 Å². The molecular weight excluding hydrogens is 305 g/mol. The van der Waals surface area contributed by atoms with Crippen LogP contribution in [0.25, 0.3) is 0 Å². The Morgan fingerprint density at radius 3 is 2.62 bits per heavy atom. The fraction of sp³-hybridized carbons (Fsp3) is 0.632. The van der Waals surface area contributed by atoms with Gasteiger partial charge in [0.25, 0.3) is 0 Å². The lowest BCUT2D eigenvalue weighted by molar-refractivity contribution is 0.243. The summed E-state index contributed by atoms with van der Waals surface area (Å²) in [6, 6.07) is 5.08. The standard InChI is InChI=1S/C19H32FN3O/c1-5-21-19(23-13-17(8-9-24)10-14(2)3)22-12-16-6-7-18(20)15(4)11-16/h6-7,11,14,17,24H,5,8-10,12-13H2,1-4H3,(H2,21,22,23). The summed E-state index contributed by atoms with van der Waals surface area (Å²) in [4.78, 5) is 4.58. The van der Waals surface area contributed by atoms with Crippen molar-refractivity contribution in [1.82, 2.24) is 10.6 Å². The van der Waals surface area contributed by atoms with E-state index >= 15 is 0 Å². The number of hydrogen-bond acceptors (Lipinski definition) is 2. The minimum atomic E-state index is -0.187. The second-order valence-electron chi connectivity index (χ2n) is 6.67. The minimum absolute atomic E-state index is 0.187. The van der Waals surface area contributed by atoms with Gasteiger partial charge in [-0.15, -0.1) is 0 Å². The van der Waals surface area contributed by atoms with Crippen molar-refractivity contribution in [3.05, 3.63) is 35.1 Å². The van der Waals surface area contributed by atoms with E-state index in [2.05, 4.69) is 29.5 Å². The molecule has 3 N–H and O–H groups in total. The molecule has 0 aliphatic carbocycles. The topological polar surface area (TPSA) is 56.7 Å². The van der Waals surface area contributed by atoms with Crippen LogP contribution >= 0.6 is 0 Å². The molecule has 5 heteroatoms. The van der Waals surface area contributed by atoms with Crippen molar-refractivity contribution < 1.29 is 9.50 Å². The molecule has 1 aromatic rings. The fourth-order valence-electron chi connectivity index (χ4n) is 2.71. The Balaban J connectivity index is 2.65. The first kappa shape index (κ1) is 20.4. The summed E-state index contributed by atoms with van der Waals surface area (Å²) in [5.41, 5.74) is 1.63. The van der Waals surface area contributed by atoms with E-state index in [-0.39, 0.29) is 12.4 Å². The highest BCUT2D eigenvalue weighted by molar-refractivity contribution is 5.79.